The molecule has 2 aliphatic carbocycles. The topological polar surface area (TPSA) is 0 Å². The summed E-state index contributed by atoms with van der Waals surface area (Å²) in [6.07, 6.45) is 8.23. The summed E-state index contributed by atoms with van der Waals surface area (Å²) < 4.78 is 26.2. The van der Waals surface area contributed by atoms with Gasteiger partial charge in [0, 0.05) is 11.1 Å². The van der Waals surface area contributed by atoms with E-state index in [9.17, 15) is 8.78 Å². The molecule has 0 aromatic heterocycles. The first kappa shape index (κ1) is 18.2. The molecule has 2 aromatic carbocycles. The standard InChI is InChI=1S/C25H26F2/c1-17-2-8-23-16-22(12-11-21(23)14-17)20-9-5-18(6-10-20)3-4-19-7-13-24(26)25(27)15-19/h5-7,9-10,13,15,17,21-23H,2,8,11-12,14,16H2,1H3/t17?,21-,22-,23-/m1/s1. The summed E-state index contributed by atoms with van der Waals surface area (Å²) in [5.74, 6) is 7.71. The largest absolute Gasteiger partial charge is 0.204 e. The lowest BCUT2D eigenvalue weighted by molar-refractivity contribution is 0.124. The third-order valence-electron chi connectivity index (χ3n) is 6.53. The van der Waals surface area contributed by atoms with Gasteiger partial charge in [0.1, 0.15) is 0 Å². The molecule has 1 unspecified atom stereocenters. The summed E-state index contributed by atoms with van der Waals surface area (Å²) in [7, 11) is 0. The zero-order valence-electron chi connectivity index (χ0n) is 15.8. The molecule has 0 aliphatic heterocycles. The van der Waals surface area contributed by atoms with Crippen LogP contribution in [0.15, 0.2) is 42.5 Å². The molecule has 27 heavy (non-hydrogen) atoms. The van der Waals surface area contributed by atoms with E-state index in [1.807, 2.05) is 0 Å². The fourth-order valence-electron chi connectivity index (χ4n) is 4.98. The number of hydrogen-bond acceptors (Lipinski definition) is 0. The van der Waals surface area contributed by atoms with Crippen LogP contribution in [0, 0.1) is 41.2 Å². The highest BCUT2D eigenvalue weighted by atomic mass is 19.2. The van der Waals surface area contributed by atoms with Crippen molar-refractivity contribution in [3.8, 4) is 11.8 Å². The maximum atomic E-state index is 13.3. The zero-order valence-corrected chi connectivity index (χ0v) is 15.8. The lowest BCUT2D eigenvalue weighted by Crippen LogP contribution is -2.29. The highest BCUT2D eigenvalue weighted by Crippen LogP contribution is 2.47. The molecule has 4 rings (SSSR count). The molecule has 2 aromatic rings. The first-order valence-corrected chi connectivity index (χ1v) is 10.2. The van der Waals surface area contributed by atoms with Crippen LogP contribution in [0.1, 0.15) is 68.1 Å². The Morgan fingerprint density at radius 2 is 1.41 bits per heavy atom. The van der Waals surface area contributed by atoms with Crippen LogP contribution in [0.4, 0.5) is 8.78 Å². The normalized spacial score (nSPS) is 27.4. The maximum absolute atomic E-state index is 13.3. The third-order valence-corrected chi connectivity index (χ3v) is 6.53. The highest BCUT2D eigenvalue weighted by molar-refractivity contribution is 5.44. The minimum atomic E-state index is -0.857. The van der Waals surface area contributed by atoms with E-state index in [0.29, 0.717) is 11.5 Å². The average Bonchev–Trinajstić information content (AvgIpc) is 2.69. The molecule has 0 radical (unpaired) electrons. The van der Waals surface area contributed by atoms with Crippen LogP contribution in [0.2, 0.25) is 0 Å². The molecule has 2 aliphatic rings. The van der Waals surface area contributed by atoms with Gasteiger partial charge in [-0.15, -0.1) is 0 Å². The van der Waals surface area contributed by atoms with Crippen molar-refractivity contribution in [3.05, 3.63) is 70.8 Å². The average molecular weight is 364 g/mol. The number of halogens is 2. The quantitative estimate of drug-likeness (QED) is 0.495. The number of fused-ring (bicyclic) bond motifs is 1. The van der Waals surface area contributed by atoms with Crippen LogP contribution in [0.3, 0.4) is 0 Å². The molecule has 140 valence electrons. The van der Waals surface area contributed by atoms with Gasteiger partial charge in [0.15, 0.2) is 11.6 Å². The van der Waals surface area contributed by atoms with Crippen molar-refractivity contribution in [3.63, 3.8) is 0 Å². The highest BCUT2D eigenvalue weighted by Gasteiger charge is 2.34. The first-order valence-electron chi connectivity index (χ1n) is 10.2. The SMILES string of the molecule is CC1CC[C@@H]2C[C@H](c3ccc(C#Cc4ccc(F)c(F)c4)cc3)CC[C@@H]2C1. The molecule has 0 heterocycles. The van der Waals surface area contributed by atoms with E-state index >= 15 is 0 Å². The fourth-order valence-corrected chi connectivity index (χ4v) is 4.98. The lowest BCUT2D eigenvalue weighted by Gasteiger charge is -2.41. The van der Waals surface area contributed by atoms with Gasteiger partial charge < -0.3 is 0 Å². The van der Waals surface area contributed by atoms with E-state index in [1.165, 1.54) is 50.2 Å². The number of hydrogen-bond donors (Lipinski definition) is 0. The summed E-state index contributed by atoms with van der Waals surface area (Å²) in [5.41, 5.74) is 2.82. The second kappa shape index (κ2) is 7.85. The molecular weight excluding hydrogens is 338 g/mol. The molecular formula is C25H26F2. The van der Waals surface area contributed by atoms with E-state index in [2.05, 4.69) is 43.0 Å². The van der Waals surface area contributed by atoms with Gasteiger partial charge in [0.25, 0.3) is 0 Å². The molecule has 2 saturated carbocycles. The van der Waals surface area contributed by atoms with E-state index in [0.717, 1.165) is 35.4 Å². The van der Waals surface area contributed by atoms with E-state index in [-0.39, 0.29) is 0 Å². The van der Waals surface area contributed by atoms with Crippen LogP contribution < -0.4 is 0 Å². The Hall–Kier alpha value is -2.14. The van der Waals surface area contributed by atoms with Crippen molar-refractivity contribution < 1.29 is 8.78 Å². The maximum Gasteiger partial charge on any atom is 0.160 e. The molecule has 0 amide bonds. The summed E-state index contributed by atoms with van der Waals surface area (Å²) in [6, 6.07) is 12.3. The smallest absolute Gasteiger partial charge is 0.160 e. The Balaban J connectivity index is 1.42. The van der Waals surface area contributed by atoms with Crippen LogP contribution in [0.25, 0.3) is 0 Å². The molecule has 4 atom stereocenters. The van der Waals surface area contributed by atoms with Crippen molar-refractivity contribution in [2.24, 2.45) is 17.8 Å². The van der Waals surface area contributed by atoms with E-state index in [1.54, 1.807) is 0 Å². The molecule has 0 spiro atoms. The van der Waals surface area contributed by atoms with Gasteiger partial charge in [-0.05, 0) is 91.7 Å². The predicted octanol–water partition coefficient (Wildman–Crippen LogP) is 6.68. The predicted molar refractivity (Wildman–Crippen MR) is 105 cm³/mol. The van der Waals surface area contributed by atoms with Gasteiger partial charge in [0.05, 0.1) is 0 Å². The van der Waals surface area contributed by atoms with Crippen LogP contribution >= 0.6 is 0 Å². The van der Waals surface area contributed by atoms with Gasteiger partial charge in [-0.3, -0.25) is 0 Å². The van der Waals surface area contributed by atoms with Crippen LogP contribution in [-0.4, -0.2) is 0 Å². The first-order chi connectivity index (χ1) is 13.1. The van der Waals surface area contributed by atoms with Gasteiger partial charge in [-0.2, -0.15) is 0 Å². The summed E-state index contributed by atoms with van der Waals surface area (Å²) >= 11 is 0. The van der Waals surface area contributed by atoms with Crippen molar-refractivity contribution in [1.29, 1.82) is 0 Å². The number of benzene rings is 2. The fraction of sp³-hybridized carbons (Fsp3) is 0.440. The van der Waals surface area contributed by atoms with Gasteiger partial charge in [-0.1, -0.05) is 37.3 Å². The monoisotopic (exact) mass is 364 g/mol. The second-order valence-electron chi connectivity index (χ2n) is 8.45. The summed E-state index contributed by atoms with van der Waals surface area (Å²) in [5, 5.41) is 0. The van der Waals surface area contributed by atoms with Gasteiger partial charge in [-0.25, -0.2) is 8.78 Å². The Bertz CT molecular complexity index is 856. The van der Waals surface area contributed by atoms with Gasteiger partial charge in [0.2, 0.25) is 0 Å². The third kappa shape index (κ3) is 4.24. The Kier molecular flexibility index (Phi) is 5.30. The van der Waals surface area contributed by atoms with Crippen molar-refractivity contribution in [2.75, 3.05) is 0 Å². The van der Waals surface area contributed by atoms with Crippen molar-refractivity contribution in [1.82, 2.24) is 0 Å². The molecule has 0 N–H and O–H groups in total. The van der Waals surface area contributed by atoms with Crippen molar-refractivity contribution >= 4 is 0 Å². The minimum Gasteiger partial charge on any atom is -0.204 e. The van der Waals surface area contributed by atoms with E-state index < -0.39 is 11.6 Å². The second-order valence-corrected chi connectivity index (χ2v) is 8.45. The molecule has 0 nitrogen and oxygen atoms in total. The van der Waals surface area contributed by atoms with Crippen molar-refractivity contribution in [2.45, 2.75) is 51.4 Å². The Morgan fingerprint density at radius 1 is 0.741 bits per heavy atom. The van der Waals surface area contributed by atoms with Gasteiger partial charge >= 0.3 is 0 Å². The zero-order chi connectivity index (χ0) is 18.8. The molecule has 2 fully saturated rings. The Labute approximate surface area is 161 Å². The lowest BCUT2D eigenvalue weighted by atomic mass is 9.64. The Morgan fingerprint density at radius 3 is 2.19 bits per heavy atom. The van der Waals surface area contributed by atoms with Crippen LogP contribution in [0.5, 0.6) is 0 Å². The summed E-state index contributed by atoms with van der Waals surface area (Å²) in [4.78, 5) is 0. The minimum absolute atomic E-state index is 0.489. The summed E-state index contributed by atoms with van der Waals surface area (Å²) in [6.45, 7) is 2.41. The number of rotatable bonds is 1. The molecule has 0 saturated heterocycles. The molecule has 0 bridgehead atoms. The molecule has 2 heteroatoms. The van der Waals surface area contributed by atoms with E-state index in [4.69, 9.17) is 0 Å². The van der Waals surface area contributed by atoms with Crippen LogP contribution in [-0.2, 0) is 0 Å².